The van der Waals surface area contributed by atoms with Crippen LogP contribution >= 0.6 is 23.4 Å². The van der Waals surface area contributed by atoms with E-state index in [0.717, 1.165) is 50.1 Å². The van der Waals surface area contributed by atoms with Crippen molar-refractivity contribution in [3.63, 3.8) is 0 Å². The highest BCUT2D eigenvalue weighted by molar-refractivity contribution is 8.00. The minimum absolute atomic E-state index is 0.0345. The number of hydrogen-bond donors (Lipinski definition) is 2. The van der Waals surface area contributed by atoms with Crippen LogP contribution in [-0.2, 0) is 10.2 Å². The molecule has 4 nitrogen and oxygen atoms in total. The number of guanidine groups is 1. The first kappa shape index (κ1) is 19.8. The Morgan fingerprint density at radius 2 is 2.00 bits per heavy atom. The lowest BCUT2D eigenvalue weighted by Gasteiger charge is -2.38. The summed E-state index contributed by atoms with van der Waals surface area (Å²) in [5, 5.41) is 7.90. The van der Waals surface area contributed by atoms with E-state index in [1.165, 1.54) is 24.2 Å². The van der Waals surface area contributed by atoms with Gasteiger partial charge in [-0.1, -0.05) is 23.7 Å². The van der Waals surface area contributed by atoms with Crippen LogP contribution < -0.4 is 10.6 Å². The Bertz CT molecular complexity index is 625. The van der Waals surface area contributed by atoms with Gasteiger partial charge in [0, 0.05) is 48.5 Å². The van der Waals surface area contributed by atoms with E-state index in [1.807, 2.05) is 19.2 Å². The molecular formula is C20H30ClN3OS. The van der Waals surface area contributed by atoms with Crippen molar-refractivity contribution in [1.29, 1.82) is 0 Å². The average Bonchev–Trinajstić information content (AvgIpc) is 3.09. The van der Waals surface area contributed by atoms with Crippen molar-refractivity contribution < 1.29 is 4.74 Å². The van der Waals surface area contributed by atoms with Crippen LogP contribution in [0.2, 0.25) is 5.02 Å². The molecule has 144 valence electrons. The van der Waals surface area contributed by atoms with Crippen molar-refractivity contribution >= 4 is 29.3 Å². The Hall–Kier alpha value is -0.910. The van der Waals surface area contributed by atoms with Gasteiger partial charge in [0.05, 0.1) is 0 Å². The van der Waals surface area contributed by atoms with Crippen molar-refractivity contribution in [2.45, 2.75) is 42.8 Å². The smallest absolute Gasteiger partial charge is 0.191 e. The van der Waals surface area contributed by atoms with Crippen LogP contribution in [-0.4, -0.2) is 49.8 Å². The molecule has 2 N–H and O–H groups in total. The topological polar surface area (TPSA) is 45.7 Å². The summed E-state index contributed by atoms with van der Waals surface area (Å²) in [4.78, 5) is 4.43. The molecule has 1 unspecified atom stereocenters. The third kappa shape index (κ3) is 4.87. The molecule has 26 heavy (non-hydrogen) atoms. The molecular weight excluding hydrogens is 366 g/mol. The van der Waals surface area contributed by atoms with Crippen LogP contribution in [0.1, 0.15) is 38.2 Å². The number of nitrogens with one attached hydrogen (secondary N) is 2. The number of halogens is 1. The van der Waals surface area contributed by atoms with Gasteiger partial charge in [-0.05, 0) is 56.1 Å². The maximum atomic E-state index is 6.26. The largest absolute Gasteiger partial charge is 0.381 e. The Morgan fingerprint density at radius 1 is 1.23 bits per heavy atom. The molecule has 0 aliphatic carbocycles. The predicted octanol–water partition coefficient (Wildman–Crippen LogP) is 3.84. The maximum Gasteiger partial charge on any atom is 0.191 e. The molecule has 1 atom stereocenters. The van der Waals surface area contributed by atoms with E-state index < -0.39 is 0 Å². The summed E-state index contributed by atoms with van der Waals surface area (Å²) in [6.45, 7) is 5.70. The second-order valence-electron chi connectivity index (χ2n) is 7.58. The lowest BCUT2D eigenvalue weighted by Crippen LogP contribution is -2.50. The Kier molecular flexibility index (Phi) is 6.76. The van der Waals surface area contributed by atoms with Gasteiger partial charge in [0.25, 0.3) is 0 Å². The van der Waals surface area contributed by atoms with Crippen molar-refractivity contribution in [2.75, 3.05) is 39.1 Å². The van der Waals surface area contributed by atoms with Crippen LogP contribution in [0, 0.1) is 0 Å². The lowest BCUT2D eigenvalue weighted by atomic mass is 9.74. The molecule has 0 bridgehead atoms. The van der Waals surface area contributed by atoms with Crippen LogP contribution in [0.4, 0.5) is 0 Å². The van der Waals surface area contributed by atoms with Crippen molar-refractivity contribution in [3.8, 4) is 0 Å². The van der Waals surface area contributed by atoms with E-state index in [0.29, 0.717) is 4.75 Å². The van der Waals surface area contributed by atoms with Gasteiger partial charge in [-0.25, -0.2) is 0 Å². The van der Waals surface area contributed by atoms with Gasteiger partial charge in [0.2, 0.25) is 0 Å². The zero-order valence-corrected chi connectivity index (χ0v) is 17.4. The molecule has 2 heterocycles. The van der Waals surface area contributed by atoms with Gasteiger partial charge in [-0.15, -0.1) is 0 Å². The molecule has 2 fully saturated rings. The number of ether oxygens (including phenoxy) is 1. The van der Waals surface area contributed by atoms with Gasteiger partial charge >= 0.3 is 0 Å². The van der Waals surface area contributed by atoms with E-state index in [-0.39, 0.29) is 5.41 Å². The molecule has 0 aromatic heterocycles. The minimum atomic E-state index is 0.0345. The van der Waals surface area contributed by atoms with Crippen LogP contribution in [0.5, 0.6) is 0 Å². The molecule has 1 aromatic rings. The molecule has 1 aromatic carbocycles. The predicted molar refractivity (Wildman–Crippen MR) is 113 cm³/mol. The number of aliphatic imine (C=N–C) groups is 1. The van der Waals surface area contributed by atoms with Gasteiger partial charge in [0.15, 0.2) is 5.96 Å². The summed E-state index contributed by atoms with van der Waals surface area (Å²) in [6, 6.07) is 8.26. The molecule has 0 saturated carbocycles. The molecule has 2 aliphatic rings. The molecule has 2 aliphatic heterocycles. The van der Waals surface area contributed by atoms with Crippen molar-refractivity contribution in [1.82, 2.24) is 10.6 Å². The summed E-state index contributed by atoms with van der Waals surface area (Å²) in [5.41, 5.74) is 1.32. The number of benzene rings is 1. The average molecular weight is 396 g/mol. The fourth-order valence-electron chi connectivity index (χ4n) is 3.87. The standard InChI is InChI=1S/C20H30ClN3OS/c1-19(7-4-12-26-19)14-23-18(22-2)24-15-20(8-10-25-11-9-20)16-5-3-6-17(21)13-16/h3,5-6,13H,4,7-12,14-15H2,1-2H3,(H2,22,23,24). The van der Waals surface area contributed by atoms with E-state index in [1.54, 1.807) is 0 Å². The highest BCUT2D eigenvalue weighted by atomic mass is 35.5. The lowest BCUT2D eigenvalue weighted by molar-refractivity contribution is 0.0514. The van der Waals surface area contributed by atoms with Crippen LogP contribution in [0.15, 0.2) is 29.3 Å². The summed E-state index contributed by atoms with van der Waals surface area (Å²) in [7, 11) is 1.84. The highest BCUT2D eigenvalue weighted by Gasteiger charge is 2.35. The van der Waals surface area contributed by atoms with E-state index >= 15 is 0 Å². The SMILES string of the molecule is CN=C(NCC1(C)CCCS1)NCC1(c2cccc(Cl)c2)CCOCC1. The quantitative estimate of drug-likeness (QED) is 0.587. The minimum Gasteiger partial charge on any atom is -0.381 e. The fraction of sp³-hybridized carbons (Fsp3) is 0.650. The normalized spacial score (nSPS) is 25.9. The van der Waals surface area contributed by atoms with Crippen molar-refractivity contribution in [3.05, 3.63) is 34.9 Å². The van der Waals surface area contributed by atoms with Gasteiger partial charge in [0.1, 0.15) is 0 Å². The molecule has 6 heteroatoms. The van der Waals surface area contributed by atoms with Gasteiger partial charge < -0.3 is 15.4 Å². The fourth-order valence-corrected chi connectivity index (χ4v) is 5.30. The van der Waals surface area contributed by atoms with E-state index in [2.05, 4.69) is 46.4 Å². The molecule has 3 rings (SSSR count). The van der Waals surface area contributed by atoms with Crippen LogP contribution in [0.25, 0.3) is 0 Å². The Balaban J connectivity index is 1.65. The third-order valence-electron chi connectivity index (χ3n) is 5.63. The zero-order valence-electron chi connectivity index (χ0n) is 15.8. The highest BCUT2D eigenvalue weighted by Crippen LogP contribution is 2.37. The van der Waals surface area contributed by atoms with Crippen LogP contribution in [0.3, 0.4) is 0 Å². The third-order valence-corrected chi connectivity index (χ3v) is 7.41. The van der Waals surface area contributed by atoms with E-state index in [4.69, 9.17) is 16.3 Å². The molecule has 2 saturated heterocycles. The number of nitrogens with zero attached hydrogens (tertiary/aromatic N) is 1. The zero-order chi connectivity index (χ0) is 18.5. The first-order chi connectivity index (χ1) is 12.6. The van der Waals surface area contributed by atoms with Gasteiger partial charge in [-0.2, -0.15) is 11.8 Å². The second kappa shape index (κ2) is 8.85. The number of hydrogen-bond acceptors (Lipinski definition) is 3. The molecule has 0 spiro atoms. The molecule has 0 amide bonds. The monoisotopic (exact) mass is 395 g/mol. The Morgan fingerprint density at radius 3 is 2.65 bits per heavy atom. The maximum absolute atomic E-state index is 6.26. The summed E-state index contributed by atoms with van der Waals surface area (Å²) in [6.07, 6.45) is 4.56. The summed E-state index contributed by atoms with van der Waals surface area (Å²) < 4.78 is 5.95. The number of thioether (sulfide) groups is 1. The summed E-state index contributed by atoms with van der Waals surface area (Å²) in [5.74, 6) is 2.15. The second-order valence-corrected chi connectivity index (χ2v) is 9.70. The molecule has 0 radical (unpaired) electrons. The number of rotatable bonds is 5. The van der Waals surface area contributed by atoms with Gasteiger partial charge in [-0.3, -0.25) is 4.99 Å². The first-order valence-corrected chi connectivity index (χ1v) is 10.8. The first-order valence-electron chi connectivity index (χ1n) is 9.48. The summed E-state index contributed by atoms with van der Waals surface area (Å²) >= 11 is 8.33. The van der Waals surface area contributed by atoms with Crippen molar-refractivity contribution in [2.24, 2.45) is 4.99 Å². The van der Waals surface area contributed by atoms with E-state index in [9.17, 15) is 0 Å². The Labute approximate surface area is 166 Å².